The van der Waals surface area contributed by atoms with Gasteiger partial charge >= 0.3 is 5.97 Å². The van der Waals surface area contributed by atoms with Gasteiger partial charge in [-0.25, -0.2) is 4.79 Å². The fraction of sp³-hybridized carbons (Fsp3) is 0.136. The molecule has 1 aliphatic rings. The fourth-order valence-corrected chi connectivity index (χ4v) is 3.54. The molecule has 156 valence electrons. The smallest absolute Gasteiger partial charge is 0.357 e. The summed E-state index contributed by atoms with van der Waals surface area (Å²) in [7, 11) is 1.20. The van der Waals surface area contributed by atoms with Gasteiger partial charge in [-0.05, 0) is 18.2 Å². The Morgan fingerprint density at radius 1 is 1.19 bits per heavy atom. The molecule has 2 heterocycles. The number of aromatic nitrogens is 1. The van der Waals surface area contributed by atoms with E-state index in [1.54, 1.807) is 24.3 Å². The van der Waals surface area contributed by atoms with Crippen molar-refractivity contribution in [3.63, 3.8) is 0 Å². The summed E-state index contributed by atoms with van der Waals surface area (Å²) >= 11 is 6.06. The van der Waals surface area contributed by atoms with Crippen LogP contribution in [-0.4, -0.2) is 36.6 Å². The van der Waals surface area contributed by atoms with Gasteiger partial charge in [-0.15, -0.1) is 0 Å². The Kier molecular flexibility index (Phi) is 5.28. The Labute approximate surface area is 182 Å². The molecule has 0 saturated heterocycles. The Morgan fingerprint density at radius 3 is 2.55 bits per heavy atom. The van der Waals surface area contributed by atoms with Crippen molar-refractivity contribution >= 4 is 29.0 Å². The summed E-state index contributed by atoms with van der Waals surface area (Å²) in [6, 6.07) is 11.5. The molecule has 0 saturated carbocycles. The van der Waals surface area contributed by atoms with Crippen molar-refractivity contribution in [1.29, 1.82) is 5.26 Å². The quantitative estimate of drug-likeness (QED) is 0.491. The Balaban J connectivity index is 1.99. The number of esters is 1. The molecule has 1 aromatic heterocycles. The second kappa shape index (κ2) is 8.05. The number of nitrogens with two attached hydrogens (primary N) is 1. The number of nitrogen functional groups attached to an aromatic ring is 1. The van der Waals surface area contributed by atoms with Crippen LogP contribution in [0.4, 0.5) is 5.69 Å². The van der Waals surface area contributed by atoms with Crippen LogP contribution in [0.15, 0.2) is 42.6 Å². The van der Waals surface area contributed by atoms with E-state index in [4.69, 9.17) is 31.5 Å². The minimum absolute atomic E-state index is 0.0506. The summed E-state index contributed by atoms with van der Waals surface area (Å²) in [5.74, 6) is -0.336. The van der Waals surface area contributed by atoms with E-state index in [1.807, 2.05) is 6.07 Å². The maximum atomic E-state index is 13.4. The van der Waals surface area contributed by atoms with Crippen LogP contribution in [0.2, 0.25) is 5.02 Å². The predicted molar refractivity (Wildman–Crippen MR) is 112 cm³/mol. The van der Waals surface area contributed by atoms with Gasteiger partial charge in [0.1, 0.15) is 19.3 Å². The van der Waals surface area contributed by atoms with Crippen LogP contribution in [0, 0.1) is 11.3 Å². The second-order valence-corrected chi connectivity index (χ2v) is 7.07. The number of fused-ring (bicyclic) bond motifs is 1. The number of methoxy groups -OCH3 is 1. The average molecular weight is 438 g/mol. The molecule has 0 fully saturated rings. The zero-order valence-electron chi connectivity index (χ0n) is 16.3. The number of halogens is 1. The van der Waals surface area contributed by atoms with Gasteiger partial charge in [-0.2, -0.15) is 5.26 Å². The highest BCUT2D eigenvalue weighted by molar-refractivity contribution is 6.31. The lowest BCUT2D eigenvalue weighted by Crippen LogP contribution is -2.18. The first-order chi connectivity index (χ1) is 14.9. The summed E-state index contributed by atoms with van der Waals surface area (Å²) in [6.07, 6.45) is 1.38. The SMILES string of the molecule is COC(=O)c1c(N)c(C#N)cn1-c1cc2c(cc1C(=O)c1cccc(Cl)c1)OCCO2. The van der Waals surface area contributed by atoms with Crippen LogP contribution >= 0.6 is 11.6 Å². The summed E-state index contributed by atoms with van der Waals surface area (Å²) in [5, 5.41) is 9.82. The van der Waals surface area contributed by atoms with E-state index >= 15 is 0 Å². The number of rotatable bonds is 4. The van der Waals surface area contributed by atoms with Crippen LogP contribution in [0.1, 0.15) is 32.0 Å². The Bertz CT molecular complexity index is 1260. The monoisotopic (exact) mass is 437 g/mol. The van der Waals surface area contributed by atoms with Crippen molar-refractivity contribution in [2.45, 2.75) is 0 Å². The molecule has 0 bridgehead atoms. The first-order valence-corrected chi connectivity index (χ1v) is 9.56. The van der Waals surface area contributed by atoms with E-state index in [1.165, 1.54) is 30.0 Å². The molecule has 3 aromatic rings. The number of ether oxygens (including phenoxy) is 3. The van der Waals surface area contributed by atoms with Gasteiger partial charge in [0.25, 0.3) is 0 Å². The van der Waals surface area contributed by atoms with E-state index in [2.05, 4.69) is 0 Å². The van der Waals surface area contributed by atoms with Crippen molar-refractivity contribution in [2.75, 3.05) is 26.1 Å². The molecule has 0 amide bonds. The normalized spacial score (nSPS) is 12.2. The molecule has 0 atom stereocenters. The number of carbonyl (C=O) groups is 2. The minimum Gasteiger partial charge on any atom is -0.486 e. The lowest BCUT2D eigenvalue weighted by atomic mass is 10.0. The van der Waals surface area contributed by atoms with Gasteiger partial charge < -0.3 is 24.5 Å². The summed E-state index contributed by atoms with van der Waals surface area (Å²) < 4.78 is 17.5. The fourth-order valence-electron chi connectivity index (χ4n) is 3.35. The van der Waals surface area contributed by atoms with Crippen molar-refractivity contribution < 1.29 is 23.8 Å². The molecule has 9 heteroatoms. The third kappa shape index (κ3) is 3.56. The molecular formula is C22H16ClN3O5. The van der Waals surface area contributed by atoms with Crippen molar-refractivity contribution in [3.8, 4) is 23.3 Å². The molecule has 0 unspecified atom stereocenters. The van der Waals surface area contributed by atoms with Crippen LogP contribution in [0.5, 0.6) is 11.5 Å². The number of carbonyl (C=O) groups excluding carboxylic acids is 2. The molecule has 2 aromatic carbocycles. The number of hydrogen-bond acceptors (Lipinski definition) is 7. The standard InChI is InChI=1S/C22H16ClN3O5/c1-29-22(28)20-19(25)13(10-24)11-26(20)16-9-18-17(30-5-6-31-18)8-15(16)21(27)12-3-2-4-14(23)7-12/h2-4,7-9,11H,5-6,25H2,1H3. The molecule has 1 aliphatic heterocycles. The second-order valence-electron chi connectivity index (χ2n) is 6.63. The Hall–Kier alpha value is -3.96. The average Bonchev–Trinajstić information content (AvgIpc) is 3.13. The highest BCUT2D eigenvalue weighted by Crippen LogP contribution is 2.37. The summed E-state index contributed by atoms with van der Waals surface area (Å²) in [6.45, 7) is 0.661. The van der Waals surface area contributed by atoms with Crippen LogP contribution in [-0.2, 0) is 4.74 Å². The first-order valence-electron chi connectivity index (χ1n) is 9.18. The van der Waals surface area contributed by atoms with Crippen LogP contribution in [0.25, 0.3) is 5.69 Å². The number of hydrogen-bond donors (Lipinski definition) is 1. The molecule has 0 spiro atoms. The molecular weight excluding hydrogens is 422 g/mol. The number of nitrogens with zero attached hydrogens (tertiary/aromatic N) is 2. The van der Waals surface area contributed by atoms with E-state index in [0.29, 0.717) is 35.3 Å². The maximum absolute atomic E-state index is 13.4. The zero-order valence-corrected chi connectivity index (χ0v) is 17.1. The molecule has 2 N–H and O–H groups in total. The van der Waals surface area contributed by atoms with E-state index in [-0.39, 0.29) is 34.0 Å². The lowest BCUT2D eigenvalue weighted by Gasteiger charge is -2.22. The molecule has 0 radical (unpaired) electrons. The number of anilines is 1. The highest BCUT2D eigenvalue weighted by Gasteiger charge is 2.27. The van der Waals surface area contributed by atoms with E-state index in [9.17, 15) is 14.9 Å². The Morgan fingerprint density at radius 2 is 1.90 bits per heavy atom. The van der Waals surface area contributed by atoms with Gasteiger partial charge in [0.15, 0.2) is 23.0 Å². The molecule has 31 heavy (non-hydrogen) atoms. The van der Waals surface area contributed by atoms with Gasteiger partial charge in [0.05, 0.1) is 29.6 Å². The third-order valence-electron chi connectivity index (χ3n) is 4.80. The predicted octanol–water partition coefficient (Wildman–Crippen LogP) is 3.37. The number of benzene rings is 2. The highest BCUT2D eigenvalue weighted by atomic mass is 35.5. The van der Waals surface area contributed by atoms with Crippen molar-refractivity contribution in [2.24, 2.45) is 0 Å². The topological polar surface area (TPSA) is 117 Å². The summed E-state index contributed by atoms with van der Waals surface area (Å²) in [4.78, 5) is 25.9. The molecule has 4 rings (SSSR count). The molecule has 8 nitrogen and oxygen atoms in total. The minimum atomic E-state index is -0.755. The van der Waals surface area contributed by atoms with Gasteiger partial charge in [-0.1, -0.05) is 23.7 Å². The molecule has 0 aliphatic carbocycles. The van der Waals surface area contributed by atoms with Crippen LogP contribution < -0.4 is 15.2 Å². The lowest BCUT2D eigenvalue weighted by molar-refractivity contribution is 0.0592. The summed E-state index contributed by atoms with van der Waals surface area (Å²) in [5.41, 5.74) is 6.79. The van der Waals surface area contributed by atoms with Crippen molar-refractivity contribution in [1.82, 2.24) is 4.57 Å². The third-order valence-corrected chi connectivity index (χ3v) is 5.03. The van der Waals surface area contributed by atoms with Gasteiger partial charge in [0.2, 0.25) is 0 Å². The number of ketones is 1. The van der Waals surface area contributed by atoms with E-state index in [0.717, 1.165) is 0 Å². The zero-order chi connectivity index (χ0) is 22.1. The van der Waals surface area contributed by atoms with Gasteiger partial charge in [0, 0.05) is 22.8 Å². The van der Waals surface area contributed by atoms with Crippen LogP contribution in [0.3, 0.4) is 0 Å². The van der Waals surface area contributed by atoms with Crippen molar-refractivity contribution in [3.05, 3.63) is 70.0 Å². The van der Waals surface area contributed by atoms with E-state index < -0.39 is 5.97 Å². The largest absolute Gasteiger partial charge is 0.486 e. The van der Waals surface area contributed by atoms with Gasteiger partial charge in [-0.3, -0.25) is 4.79 Å². The number of nitriles is 1. The first kappa shape index (κ1) is 20.3. The maximum Gasteiger partial charge on any atom is 0.357 e.